The van der Waals surface area contributed by atoms with Crippen LogP contribution in [0, 0.1) is 19.8 Å². The smallest absolute Gasteiger partial charge is 0.245 e. The summed E-state index contributed by atoms with van der Waals surface area (Å²) >= 11 is 0. The molecular weight excluding hydrogens is 256 g/mol. The fourth-order valence-corrected chi connectivity index (χ4v) is 2.98. The number of aryl methyl sites for hydroxylation is 2. The Kier molecular flexibility index (Phi) is 4.89. The highest BCUT2D eigenvalue weighted by Gasteiger charge is 2.24. The van der Waals surface area contributed by atoms with Crippen molar-refractivity contribution in [3.8, 4) is 0 Å². The van der Waals surface area contributed by atoms with Crippen LogP contribution < -0.4 is 4.72 Å². The van der Waals surface area contributed by atoms with E-state index >= 15 is 0 Å². The average Bonchev–Trinajstić information content (AvgIpc) is 2.58. The minimum atomic E-state index is -3.62. The first-order valence-electron chi connectivity index (χ1n) is 5.86. The van der Waals surface area contributed by atoms with E-state index in [-0.39, 0.29) is 23.1 Å². The summed E-state index contributed by atoms with van der Waals surface area (Å²) in [7, 11) is -3.62. The topological polar surface area (TPSA) is 92.4 Å². The van der Waals surface area contributed by atoms with Crippen LogP contribution in [0.25, 0.3) is 0 Å². The SMILES string of the molecule is Cc1noc(C)c1S(=O)(=O)NCCC(O)C(C)C. The Bertz CT molecular complexity index is 474. The molecule has 1 aromatic heterocycles. The standard InChI is InChI=1S/C11H20N2O4S/c1-7(2)10(14)5-6-12-18(15,16)11-8(3)13-17-9(11)4/h7,10,12,14H,5-6H2,1-4H3. The number of aliphatic hydroxyl groups excluding tert-OH is 1. The van der Waals surface area contributed by atoms with E-state index < -0.39 is 16.1 Å². The Morgan fingerprint density at radius 2 is 2.00 bits per heavy atom. The van der Waals surface area contributed by atoms with Crippen LogP contribution in [-0.4, -0.2) is 31.3 Å². The second-order valence-corrected chi connectivity index (χ2v) is 6.35. The third-order valence-corrected chi connectivity index (χ3v) is 4.44. The predicted octanol–water partition coefficient (Wildman–Crippen LogP) is 0.977. The Hall–Kier alpha value is -0.920. The maximum Gasteiger partial charge on any atom is 0.245 e. The van der Waals surface area contributed by atoms with Crippen LogP contribution in [0.4, 0.5) is 0 Å². The molecule has 104 valence electrons. The van der Waals surface area contributed by atoms with Crippen molar-refractivity contribution in [2.45, 2.75) is 45.1 Å². The summed E-state index contributed by atoms with van der Waals surface area (Å²) in [6.07, 6.45) is -0.141. The van der Waals surface area contributed by atoms with Crippen molar-refractivity contribution >= 4 is 10.0 Å². The fraction of sp³-hybridized carbons (Fsp3) is 0.727. The lowest BCUT2D eigenvalue weighted by Crippen LogP contribution is -2.29. The molecule has 1 aromatic rings. The molecule has 0 aliphatic rings. The highest BCUT2D eigenvalue weighted by molar-refractivity contribution is 7.89. The molecule has 0 saturated heterocycles. The van der Waals surface area contributed by atoms with Crippen molar-refractivity contribution in [1.29, 1.82) is 0 Å². The summed E-state index contributed by atoms with van der Waals surface area (Å²) in [5, 5.41) is 13.2. The average molecular weight is 276 g/mol. The van der Waals surface area contributed by atoms with Gasteiger partial charge in [-0.1, -0.05) is 19.0 Å². The van der Waals surface area contributed by atoms with Gasteiger partial charge in [0.05, 0.1) is 6.10 Å². The first-order chi connectivity index (χ1) is 8.25. The Morgan fingerprint density at radius 3 is 2.44 bits per heavy atom. The first kappa shape index (κ1) is 15.1. The molecule has 1 rings (SSSR count). The lowest BCUT2D eigenvalue weighted by Gasteiger charge is -2.14. The highest BCUT2D eigenvalue weighted by atomic mass is 32.2. The van der Waals surface area contributed by atoms with Crippen molar-refractivity contribution in [3.63, 3.8) is 0 Å². The summed E-state index contributed by atoms with van der Waals surface area (Å²) in [6, 6.07) is 0. The molecule has 0 aliphatic heterocycles. The number of nitrogens with zero attached hydrogens (tertiary/aromatic N) is 1. The molecule has 0 amide bonds. The van der Waals surface area contributed by atoms with Gasteiger partial charge in [-0.3, -0.25) is 0 Å². The van der Waals surface area contributed by atoms with Gasteiger partial charge in [-0.25, -0.2) is 13.1 Å². The summed E-state index contributed by atoms with van der Waals surface area (Å²) in [6.45, 7) is 7.08. The minimum absolute atomic E-state index is 0.0848. The van der Waals surface area contributed by atoms with Gasteiger partial charge in [0, 0.05) is 6.54 Å². The van der Waals surface area contributed by atoms with Gasteiger partial charge < -0.3 is 9.63 Å². The molecule has 18 heavy (non-hydrogen) atoms. The van der Waals surface area contributed by atoms with E-state index in [0.29, 0.717) is 12.1 Å². The molecule has 0 radical (unpaired) electrons. The third kappa shape index (κ3) is 3.54. The second-order valence-electron chi connectivity index (χ2n) is 4.65. The molecule has 0 aromatic carbocycles. The number of sulfonamides is 1. The molecule has 0 aliphatic carbocycles. The van der Waals surface area contributed by atoms with Crippen molar-refractivity contribution in [1.82, 2.24) is 9.88 Å². The number of hydrogen-bond donors (Lipinski definition) is 2. The van der Waals surface area contributed by atoms with Crippen LogP contribution in [0.5, 0.6) is 0 Å². The number of rotatable bonds is 6. The van der Waals surface area contributed by atoms with Crippen LogP contribution in [0.1, 0.15) is 31.7 Å². The van der Waals surface area contributed by atoms with Gasteiger partial charge in [-0.2, -0.15) is 0 Å². The Balaban J connectivity index is 2.67. The maximum atomic E-state index is 12.0. The van der Waals surface area contributed by atoms with E-state index in [0.717, 1.165) is 0 Å². The van der Waals surface area contributed by atoms with E-state index in [4.69, 9.17) is 4.52 Å². The number of hydrogen-bond acceptors (Lipinski definition) is 5. The Morgan fingerprint density at radius 1 is 1.39 bits per heavy atom. The van der Waals surface area contributed by atoms with Crippen molar-refractivity contribution in [3.05, 3.63) is 11.5 Å². The third-order valence-electron chi connectivity index (χ3n) is 2.74. The summed E-state index contributed by atoms with van der Waals surface area (Å²) in [5.74, 6) is 0.373. The van der Waals surface area contributed by atoms with Gasteiger partial charge in [0.15, 0.2) is 5.76 Å². The first-order valence-corrected chi connectivity index (χ1v) is 7.34. The highest BCUT2D eigenvalue weighted by Crippen LogP contribution is 2.18. The molecule has 1 unspecified atom stereocenters. The van der Waals surface area contributed by atoms with Gasteiger partial charge in [0.25, 0.3) is 0 Å². The monoisotopic (exact) mass is 276 g/mol. The number of aromatic nitrogens is 1. The van der Waals surface area contributed by atoms with Gasteiger partial charge in [-0.05, 0) is 26.2 Å². The maximum absolute atomic E-state index is 12.0. The molecule has 1 heterocycles. The Labute approximate surface area is 107 Å². The van der Waals surface area contributed by atoms with Crippen LogP contribution in [0.15, 0.2) is 9.42 Å². The molecule has 6 nitrogen and oxygen atoms in total. The summed E-state index contributed by atoms with van der Waals surface area (Å²) < 4.78 is 31.3. The zero-order valence-corrected chi connectivity index (χ0v) is 11.9. The normalized spacial score (nSPS) is 14.1. The summed E-state index contributed by atoms with van der Waals surface area (Å²) in [5.41, 5.74) is 0.337. The zero-order valence-electron chi connectivity index (χ0n) is 11.1. The van der Waals surface area contributed by atoms with E-state index in [1.165, 1.54) is 0 Å². The number of nitrogens with one attached hydrogen (secondary N) is 1. The molecule has 0 spiro atoms. The van der Waals surface area contributed by atoms with Gasteiger partial charge in [0.2, 0.25) is 10.0 Å². The van der Waals surface area contributed by atoms with Crippen LogP contribution in [-0.2, 0) is 10.0 Å². The van der Waals surface area contributed by atoms with Crippen LogP contribution >= 0.6 is 0 Å². The molecule has 2 N–H and O–H groups in total. The predicted molar refractivity (Wildman–Crippen MR) is 66.6 cm³/mol. The van der Waals surface area contributed by atoms with E-state index in [1.54, 1.807) is 13.8 Å². The molecule has 0 saturated carbocycles. The minimum Gasteiger partial charge on any atom is -0.393 e. The van der Waals surface area contributed by atoms with Crippen molar-refractivity contribution in [2.24, 2.45) is 5.92 Å². The lowest BCUT2D eigenvalue weighted by atomic mass is 10.1. The fourth-order valence-electron chi connectivity index (χ4n) is 1.60. The molecule has 0 fully saturated rings. The van der Waals surface area contributed by atoms with Gasteiger partial charge in [-0.15, -0.1) is 0 Å². The largest absolute Gasteiger partial charge is 0.393 e. The van der Waals surface area contributed by atoms with Gasteiger partial charge in [0.1, 0.15) is 10.6 Å². The summed E-state index contributed by atoms with van der Waals surface area (Å²) in [4.78, 5) is 0.0848. The molecule has 1 atom stereocenters. The van der Waals surface area contributed by atoms with E-state index in [2.05, 4.69) is 9.88 Å². The van der Waals surface area contributed by atoms with E-state index in [9.17, 15) is 13.5 Å². The lowest BCUT2D eigenvalue weighted by molar-refractivity contribution is 0.118. The van der Waals surface area contributed by atoms with E-state index in [1.807, 2.05) is 13.8 Å². The number of aliphatic hydroxyl groups is 1. The second kappa shape index (κ2) is 5.81. The molecule has 0 bridgehead atoms. The molecular formula is C11H20N2O4S. The zero-order chi connectivity index (χ0) is 13.9. The van der Waals surface area contributed by atoms with Crippen LogP contribution in [0.3, 0.4) is 0 Å². The van der Waals surface area contributed by atoms with Crippen molar-refractivity contribution < 1.29 is 18.0 Å². The van der Waals surface area contributed by atoms with Crippen LogP contribution in [0.2, 0.25) is 0 Å². The van der Waals surface area contributed by atoms with Crippen molar-refractivity contribution in [2.75, 3.05) is 6.54 Å². The van der Waals surface area contributed by atoms with Gasteiger partial charge >= 0.3 is 0 Å². The molecule has 7 heteroatoms. The quantitative estimate of drug-likeness (QED) is 0.808.